The van der Waals surface area contributed by atoms with Crippen molar-refractivity contribution in [3.8, 4) is 0 Å². The van der Waals surface area contributed by atoms with Crippen molar-refractivity contribution in [1.29, 1.82) is 0 Å². The molecule has 0 aromatic heterocycles. The third-order valence-electron chi connectivity index (χ3n) is 1.72. The lowest BCUT2D eigenvalue weighted by Gasteiger charge is -2.04. The topological polar surface area (TPSA) is 90.7 Å². The minimum Gasteiger partial charge on any atom is -0.428 e. The first-order chi connectivity index (χ1) is 7.65. The predicted molar refractivity (Wildman–Crippen MR) is 53.4 cm³/mol. The van der Waals surface area contributed by atoms with E-state index in [0.717, 1.165) is 0 Å². The van der Waals surface area contributed by atoms with Gasteiger partial charge >= 0.3 is 6.16 Å². The second-order valence-electron chi connectivity index (χ2n) is 2.73. The Morgan fingerprint density at radius 3 is 2.81 bits per heavy atom. The van der Waals surface area contributed by atoms with Gasteiger partial charge in [0.15, 0.2) is 0 Å². The number of nitrogens with one attached hydrogen (secondary N) is 1. The zero-order valence-electron chi connectivity index (χ0n) is 8.50. The molecular formula is C9H10N2O5. The molecule has 7 heteroatoms. The van der Waals surface area contributed by atoms with Crippen LogP contribution < -0.4 is 5.48 Å². The lowest BCUT2D eigenvalue weighted by Crippen LogP contribution is -2.16. The molecule has 0 saturated carbocycles. The van der Waals surface area contributed by atoms with E-state index in [0.29, 0.717) is 5.56 Å². The minimum absolute atomic E-state index is 0.0974. The molecule has 0 aliphatic carbocycles. The van der Waals surface area contributed by atoms with Crippen molar-refractivity contribution in [1.82, 2.24) is 5.48 Å². The highest BCUT2D eigenvalue weighted by atomic mass is 16.8. The van der Waals surface area contributed by atoms with E-state index in [1.807, 2.05) is 0 Å². The van der Waals surface area contributed by atoms with Crippen LogP contribution in [0.1, 0.15) is 5.56 Å². The van der Waals surface area contributed by atoms with Crippen molar-refractivity contribution in [2.45, 2.75) is 6.61 Å². The minimum atomic E-state index is -0.944. The first kappa shape index (κ1) is 11.9. The smallest absolute Gasteiger partial charge is 0.428 e. The van der Waals surface area contributed by atoms with Crippen LogP contribution in [0.3, 0.4) is 0 Å². The molecule has 1 aromatic carbocycles. The number of nitro groups is 1. The Balaban J connectivity index is 2.66. The summed E-state index contributed by atoms with van der Waals surface area (Å²) in [6.45, 7) is -0.211. The number of rotatable bonds is 4. The van der Waals surface area contributed by atoms with Gasteiger partial charge in [0.25, 0.3) is 5.69 Å². The zero-order valence-corrected chi connectivity index (χ0v) is 8.50. The van der Waals surface area contributed by atoms with Crippen LogP contribution in [0, 0.1) is 10.1 Å². The molecule has 0 saturated heterocycles. The maximum absolute atomic E-state index is 10.8. The number of nitro benzene ring substituents is 1. The highest BCUT2D eigenvalue weighted by molar-refractivity contribution is 5.59. The van der Waals surface area contributed by atoms with Gasteiger partial charge in [-0.05, 0) is 6.07 Å². The monoisotopic (exact) mass is 226 g/mol. The number of hydrogen-bond donors (Lipinski definition) is 1. The van der Waals surface area contributed by atoms with Gasteiger partial charge in [-0.3, -0.25) is 10.1 Å². The number of hydrogen-bond acceptors (Lipinski definition) is 6. The summed E-state index contributed by atoms with van der Waals surface area (Å²) in [5, 5.41) is 10.6. The van der Waals surface area contributed by atoms with Crippen LogP contribution >= 0.6 is 0 Å². The van der Waals surface area contributed by atoms with Crippen LogP contribution in [0.5, 0.6) is 0 Å². The fourth-order valence-electron chi connectivity index (χ4n) is 1.06. The second kappa shape index (κ2) is 5.66. The van der Waals surface area contributed by atoms with Gasteiger partial charge in [0.05, 0.1) is 10.5 Å². The molecule has 86 valence electrons. The van der Waals surface area contributed by atoms with Crippen LogP contribution in [0.2, 0.25) is 0 Å². The summed E-state index contributed by atoms with van der Waals surface area (Å²) < 4.78 is 4.63. The molecule has 0 aliphatic rings. The summed E-state index contributed by atoms with van der Waals surface area (Å²) in [5.41, 5.74) is 2.34. The van der Waals surface area contributed by atoms with Crippen molar-refractivity contribution < 1.29 is 19.3 Å². The number of ether oxygens (including phenoxy) is 1. The molecule has 1 aromatic rings. The Morgan fingerprint density at radius 2 is 2.19 bits per heavy atom. The van der Waals surface area contributed by atoms with E-state index >= 15 is 0 Å². The molecule has 0 bridgehead atoms. The Bertz CT molecular complexity index is 393. The van der Waals surface area contributed by atoms with Gasteiger partial charge in [-0.25, -0.2) is 4.79 Å². The van der Waals surface area contributed by atoms with E-state index in [9.17, 15) is 14.9 Å². The van der Waals surface area contributed by atoms with Crippen molar-refractivity contribution in [3.05, 3.63) is 39.9 Å². The molecule has 0 amide bonds. The lowest BCUT2D eigenvalue weighted by molar-refractivity contribution is -0.385. The Labute approximate surface area is 91.1 Å². The van der Waals surface area contributed by atoms with Crippen molar-refractivity contribution in [2.75, 3.05) is 7.05 Å². The summed E-state index contributed by atoms with van der Waals surface area (Å²) in [6.07, 6.45) is -0.944. The van der Waals surface area contributed by atoms with E-state index in [4.69, 9.17) is 0 Å². The number of para-hydroxylation sites is 1. The molecule has 7 nitrogen and oxygen atoms in total. The third kappa shape index (κ3) is 3.21. The van der Waals surface area contributed by atoms with E-state index in [2.05, 4.69) is 15.1 Å². The number of carbonyl (C=O) groups is 1. The average Bonchev–Trinajstić information content (AvgIpc) is 2.27. The summed E-state index contributed by atoms with van der Waals surface area (Å²) in [6, 6.07) is 6.00. The van der Waals surface area contributed by atoms with Gasteiger partial charge < -0.3 is 9.57 Å². The normalized spacial score (nSPS) is 9.56. The Kier molecular flexibility index (Phi) is 4.22. The lowest BCUT2D eigenvalue weighted by atomic mass is 10.2. The van der Waals surface area contributed by atoms with Crippen LogP contribution in [-0.4, -0.2) is 18.1 Å². The third-order valence-corrected chi connectivity index (χ3v) is 1.72. The van der Waals surface area contributed by atoms with E-state index in [1.165, 1.54) is 25.2 Å². The summed E-state index contributed by atoms with van der Waals surface area (Å²) in [7, 11) is 1.40. The fraction of sp³-hybridized carbons (Fsp3) is 0.222. The van der Waals surface area contributed by atoms with Gasteiger partial charge in [0.2, 0.25) is 0 Å². The van der Waals surface area contributed by atoms with Gasteiger partial charge in [0.1, 0.15) is 6.61 Å². The van der Waals surface area contributed by atoms with Crippen molar-refractivity contribution >= 4 is 11.8 Å². The molecule has 1 N–H and O–H groups in total. The zero-order chi connectivity index (χ0) is 12.0. The first-order valence-corrected chi connectivity index (χ1v) is 4.37. The molecule has 0 radical (unpaired) electrons. The van der Waals surface area contributed by atoms with Crippen LogP contribution in [0.25, 0.3) is 0 Å². The van der Waals surface area contributed by atoms with Gasteiger partial charge in [-0.2, -0.15) is 5.48 Å². The standard InChI is InChI=1S/C9H10N2O5/c1-10-16-9(12)15-6-7-4-2-3-5-8(7)11(13)14/h2-5,10H,6H2,1H3. The molecule has 0 unspecified atom stereocenters. The van der Waals surface area contributed by atoms with Gasteiger partial charge in [-0.1, -0.05) is 12.1 Å². The number of carbonyl (C=O) groups excluding carboxylic acids is 1. The maximum atomic E-state index is 10.8. The van der Waals surface area contributed by atoms with Crippen LogP contribution in [-0.2, 0) is 16.2 Å². The molecular weight excluding hydrogens is 216 g/mol. The predicted octanol–water partition coefficient (Wildman–Crippen LogP) is 1.38. The average molecular weight is 226 g/mol. The molecule has 16 heavy (non-hydrogen) atoms. The van der Waals surface area contributed by atoms with E-state index in [-0.39, 0.29) is 12.3 Å². The second-order valence-corrected chi connectivity index (χ2v) is 2.73. The van der Waals surface area contributed by atoms with Crippen LogP contribution in [0.15, 0.2) is 24.3 Å². The molecule has 0 spiro atoms. The Hall–Kier alpha value is -2.15. The summed E-state index contributed by atoms with van der Waals surface area (Å²) in [5.74, 6) is 0. The molecule has 1 rings (SSSR count). The molecule has 0 aliphatic heterocycles. The summed E-state index contributed by atoms with van der Waals surface area (Å²) in [4.78, 5) is 25.2. The van der Waals surface area contributed by atoms with Crippen LogP contribution in [0.4, 0.5) is 10.5 Å². The highest BCUT2D eigenvalue weighted by Crippen LogP contribution is 2.18. The van der Waals surface area contributed by atoms with Gasteiger partial charge in [0, 0.05) is 13.1 Å². The molecule has 0 heterocycles. The SMILES string of the molecule is CNOC(=O)OCc1ccccc1[N+](=O)[O-]. The molecule has 0 fully saturated rings. The van der Waals surface area contributed by atoms with Crippen molar-refractivity contribution in [3.63, 3.8) is 0 Å². The number of hydroxylamine groups is 1. The summed E-state index contributed by atoms with van der Waals surface area (Å²) >= 11 is 0. The van der Waals surface area contributed by atoms with Crippen molar-refractivity contribution in [2.24, 2.45) is 0 Å². The van der Waals surface area contributed by atoms with Gasteiger partial charge in [-0.15, -0.1) is 0 Å². The largest absolute Gasteiger partial charge is 0.528 e. The van der Waals surface area contributed by atoms with E-state index in [1.54, 1.807) is 6.07 Å². The number of benzene rings is 1. The fourth-order valence-corrected chi connectivity index (χ4v) is 1.06. The number of nitrogens with zero attached hydrogens (tertiary/aromatic N) is 1. The molecule has 0 atom stereocenters. The first-order valence-electron chi connectivity index (χ1n) is 4.37. The maximum Gasteiger partial charge on any atom is 0.528 e. The van der Waals surface area contributed by atoms with E-state index < -0.39 is 11.1 Å². The Morgan fingerprint density at radius 1 is 1.50 bits per heavy atom. The quantitative estimate of drug-likeness (QED) is 0.473. The highest BCUT2D eigenvalue weighted by Gasteiger charge is 2.14.